The summed E-state index contributed by atoms with van der Waals surface area (Å²) in [5.74, 6) is 0.685. The van der Waals surface area contributed by atoms with Crippen LogP contribution in [-0.2, 0) is 6.42 Å². The Morgan fingerprint density at radius 1 is 1.13 bits per heavy atom. The number of rotatable bonds is 7. The van der Waals surface area contributed by atoms with E-state index in [1.807, 2.05) is 19.2 Å². The highest BCUT2D eigenvalue weighted by molar-refractivity contribution is 5.38. The summed E-state index contributed by atoms with van der Waals surface area (Å²) in [6, 6.07) is 13.7. The molecule has 122 valence electrons. The zero-order valence-corrected chi connectivity index (χ0v) is 13.8. The maximum Gasteiger partial charge on any atom is 0.165 e. The molecule has 0 spiro atoms. The number of benzene rings is 2. The van der Waals surface area contributed by atoms with E-state index < -0.39 is 0 Å². The van der Waals surface area contributed by atoms with Gasteiger partial charge >= 0.3 is 0 Å². The second kappa shape index (κ2) is 7.14. The lowest BCUT2D eigenvalue weighted by molar-refractivity contribution is 0.285. The van der Waals surface area contributed by atoms with Gasteiger partial charge in [-0.3, -0.25) is 0 Å². The fourth-order valence-electron chi connectivity index (χ4n) is 2.77. The van der Waals surface area contributed by atoms with Crippen LogP contribution in [0.4, 0.5) is 4.39 Å². The van der Waals surface area contributed by atoms with Gasteiger partial charge in [0.1, 0.15) is 0 Å². The van der Waals surface area contributed by atoms with Crippen LogP contribution < -0.4 is 10.1 Å². The van der Waals surface area contributed by atoms with Crippen LogP contribution >= 0.6 is 0 Å². The van der Waals surface area contributed by atoms with E-state index in [4.69, 9.17) is 4.74 Å². The lowest BCUT2D eigenvalue weighted by Crippen LogP contribution is -2.18. The Morgan fingerprint density at radius 2 is 1.83 bits per heavy atom. The predicted molar refractivity (Wildman–Crippen MR) is 91.3 cm³/mol. The van der Waals surface area contributed by atoms with Crippen molar-refractivity contribution in [1.82, 2.24) is 5.32 Å². The smallest absolute Gasteiger partial charge is 0.165 e. The van der Waals surface area contributed by atoms with Crippen molar-refractivity contribution in [3.05, 3.63) is 65.0 Å². The average Bonchev–Trinajstić information content (AvgIpc) is 3.40. The first kappa shape index (κ1) is 16.0. The molecule has 3 rings (SSSR count). The highest BCUT2D eigenvalue weighted by Crippen LogP contribution is 2.32. The molecule has 0 heterocycles. The van der Waals surface area contributed by atoms with Crippen molar-refractivity contribution >= 4 is 0 Å². The summed E-state index contributed by atoms with van der Waals surface area (Å²) in [7, 11) is 1.92. The first-order chi connectivity index (χ1) is 11.2. The van der Waals surface area contributed by atoms with E-state index in [2.05, 4.69) is 36.5 Å². The van der Waals surface area contributed by atoms with E-state index in [0.29, 0.717) is 18.3 Å². The van der Waals surface area contributed by atoms with Gasteiger partial charge in [-0.1, -0.05) is 37.3 Å². The fourth-order valence-corrected chi connectivity index (χ4v) is 2.77. The Morgan fingerprint density at radius 3 is 2.43 bits per heavy atom. The molecule has 3 heteroatoms. The highest BCUT2D eigenvalue weighted by atomic mass is 19.1. The fraction of sp³-hybridized carbons (Fsp3) is 0.400. The lowest BCUT2D eigenvalue weighted by atomic mass is 9.97. The van der Waals surface area contributed by atoms with Crippen LogP contribution in [0.25, 0.3) is 0 Å². The van der Waals surface area contributed by atoms with E-state index >= 15 is 0 Å². The molecule has 1 aliphatic rings. The second-order valence-corrected chi connectivity index (χ2v) is 6.26. The molecule has 0 unspecified atom stereocenters. The molecule has 1 atom stereocenters. The van der Waals surface area contributed by atoms with E-state index in [-0.39, 0.29) is 11.9 Å². The van der Waals surface area contributed by atoms with E-state index in [0.717, 1.165) is 12.0 Å². The molecule has 0 radical (unpaired) electrons. The van der Waals surface area contributed by atoms with E-state index in [1.165, 1.54) is 30.0 Å². The van der Waals surface area contributed by atoms with Crippen LogP contribution in [0.5, 0.6) is 5.75 Å². The van der Waals surface area contributed by atoms with Crippen LogP contribution in [0, 0.1) is 11.7 Å². The third-order valence-corrected chi connectivity index (χ3v) is 4.47. The number of hydrogen-bond acceptors (Lipinski definition) is 2. The highest BCUT2D eigenvalue weighted by Gasteiger charge is 2.23. The summed E-state index contributed by atoms with van der Waals surface area (Å²) in [5.41, 5.74) is 3.50. The molecule has 0 bridgehead atoms. The largest absolute Gasteiger partial charge is 0.490 e. The minimum absolute atomic E-state index is 0.0322. The van der Waals surface area contributed by atoms with Crippen molar-refractivity contribution < 1.29 is 9.13 Å². The summed E-state index contributed by atoms with van der Waals surface area (Å²) in [6.07, 6.45) is 3.43. The van der Waals surface area contributed by atoms with Gasteiger partial charge in [0, 0.05) is 0 Å². The normalized spacial score (nSPS) is 15.4. The molecule has 1 fully saturated rings. The van der Waals surface area contributed by atoms with Gasteiger partial charge in [-0.05, 0) is 61.1 Å². The molecule has 23 heavy (non-hydrogen) atoms. The molecule has 0 aromatic heterocycles. The van der Waals surface area contributed by atoms with Crippen molar-refractivity contribution in [2.24, 2.45) is 5.92 Å². The molecule has 1 N–H and O–H groups in total. The van der Waals surface area contributed by atoms with Gasteiger partial charge in [0.2, 0.25) is 0 Å². The first-order valence-corrected chi connectivity index (χ1v) is 8.39. The van der Waals surface area contributed by atoms with Gasteiger partial charge in [-0.15, -0.1) is 0 Å². The summed E-state index contributed by atoms with van der Waals surface area (Å²) in [5, 5.41) is 3.32. The van der Waals surface area contributed by atoms with Crippen molar-refractivity contribution in [3.8, 4) is 5.75 Å². The van der Waals surface area contributed by atoms with Crippen molar-refractivity contribution in [3.63, 3.8) is 0 Å². The summed E-state index contributed by atoms with van der Waals surface area (Å²) < 4.78 is 19.6. The van der Waals surface area contributed by atoms with E-state index in [1.54, 1.807) is 0 Å². The Labute approximate surface area is 137 Å². The van der Waals surface area contributed by atoms with Crippen molar-refractivity contribution in [1.29, 1.82) is 0 Å². The number of aryl methyl sites for hydroxylation is 1. The minimum Gasteiger partial charge on any atom is -0.490 e. The van der Waals surface area contributed by atoms with Gasteiger partial charge in [0.05, 0.1) is 12.6 Å². The monoisotopic (exact) mass is 313 g/mol. The van der Waals surface area contributed by atoms with E-state index in [9.17, 15) is 4.39 Å². The Balaban J connectivity index is 1.82. The predicted octanol–water partition coefficient (Wildman–Crippen LogP) is 4.49. The van der Waals surface area contributed by atoms with Crippen LogP contribution in [0.2, 0.25) is 0 Å². The maximum atomic E-state index is 14.0. The molecule has 2 aromatic carbocycles. The SMILES string of the molecule is CCc1ccc([C@@H](NC)c2ccc(F)c(OCC3CC3)c2)cc1. The zero-order chi connectivity index (χ0) is 16.2. The molecule has 0 amide bonds. The molecular weight excluding hydrogens is 289 g/mol. The quantitative estimate of drug-likeness (QED) is 0.813. The molecule has 1 saturated carbocycles. The number of ether oxygens (including phenoxy) is 1. The Bertz CT molecular complexity index is 649. The summed E-state index contributed by atoms with van der Waals surface area (Å²) in [6.45, 7) is 2.77. The third kappa shape index (κ3) is 3.91. The van der Waals surface area contributed by atoms with Crippen LogP contribution in [0.1, 0.15) is 42.5 Å². The molecule has 0 aliphatic heterocycles. The van der Waals surface area contributed by atoms with Gasteiger partial charge in [-0.25, -0.2) is 4.39 Å². The number of nitrogens with one attached hydrogen (secondary N) is 1. The Kier molecular flexibility index (Phi) is 4.97. The number of halogens is 1. The van der Waals surface area contributed by atoms with Crippen molar-refractivity contribution in [2.45, 2.75) is 32.2 Å². The molecule has 1 aliphatic carbocycles. The zero-order valence-electron chi connectivity index (χ0n) is 13.8. The Hall–Kier alpha value is -1.87. The van der Waals surface area contributed by atoms with Crippen molar-refractivity contribution in [2.75, 3.05) is 13.7 Å². The summed E-state index contributed by atoms with van der Waals surface area (Å²) >= 11 is 0. The first-order valence-electron chi connectivity index (χ1n) is 8.39. The minimum atomic E-state index is -0.286. The molecule has 0 saturated heterocycles. The third-order valence-electron chi connectivity index (χ3n) is 4.47. The van der Waals surface area contributed by atoms with Gasteiger partial charge in [0.25, 0.3) is 0 Å². The maximum absolute atomic E-state index is 14.0. The molecule has 2 nitrogen and oxygen atoms in total. The van der Waals surface area contributed by atoms with Gasteiger partial charge in [-0.2, -0.15) is 0 Å². The molecule has 2 aromatic rings. The van der Waals surface area contributed by atoms with Crippen LogP contribution in [0.15, 0.2) is 42.5 Å². The lowest BCUT2D eigenvalue weighted by Gasteiger charge is -2.19. The van der Waals surface area contributed by atoms with Gasteiger partial charge < -0.3 is 10.1 Å². The summed E-state index contributed by atoms with van der Waals surface area (Å²) in [4.78, 5) is 0. The van der Waals surface area contributed by atoms with Crippen LogP contribution in [-0.4, -0.2) is 13.7 Å². The second-order valence-electron chi connectivity index (χ2n) is 6.26. The standard InChI is InChI=1S/C20H24FNO/c1-3-14-6-8-16(9-7-14)20(22-2)17-10-11-18(21)19(12-17)23-13-15-4-5-15/h6-12,15,20,22H,3-5,13H2,1-2H3/t20-/m1/s1. The average molecular weight is 313 g/mol. The van der Waals surface area contributed by atoms with Crippen LogP contribution in [0.3, 0.4) is 0 Å². The topological polar surface area (TPSA) is 21.3 Å². The van der Waals surface area contributed by atoms with Gasteiger partial charge in [0.15, 0.2) is 11.6 Å². The molecular formula is C20H24FNO. The number of hydrogen-bond donors (Lipinski definition) is 1.